The number of nitro benzene ring substituents is 1. The molecule has 1 unspecified atom stereocenters. The summed E-state index contributed by atoms with van der Waals surface area (Å²) in [5.41, 5.74) is -1.55. The summed E-state index contributed by atoms with van der Waals surface area (Å²) in [5.74, 6) is -1.02. The molecule has 1 aliphatic carbocycles. The van der Waals surface area contributed by atoms with E-state index >= 15 is 0 Å². The second kappa shape index (κ2) is 5.14. The Morgan fingerprint density at radius 1 is 1.33 bits per heavy atom. The van der Waals surface area contributed by atoms with E-state index in [1.165, 1.54) is 30.3 Å². The fourth-order valence-electron chi connectivity index (χ4n) is 2.21. The van der Waals surface area contributed by atoms with Crippen molar-refractivity contribution in [3.8, 4) is 0 Å². The van der Waals surface area contributed by atoms with Crippen molar-refractivity contribution in [3.63, 3.8) is 0 Å². The van der Waals surface area contributed by atoms with E-state index in [-0.39, 0.29) is 22.6 Å². The van der Waals surface area contributed by atoms with Crippen LogP contribution in [-0.2, 0) is 0 Å². The zero-order valence-electron chi connectivity index (χ0n) is 11.6. The summed E-state index contributed by atoms with van der Waals surface area (Å²) in [7, 11) is 0. The lowest BCUT2D eigenvalue weighted by Gasteiger charge is -2.28. The molecule has 110 valence electrons. The molecular weight excluding hydrogens is 274 g/mol. The van der Waals surface area contributed by atoms with Gasteiger partial charge in [0.1, 0.15) is 17.4 Å². The maximum absolute atomic E-state index is 12.5. The molecule has 0 aliphatic heterocycles. The van der Waals surface area contributed by atoms with Gasteiger partial charge in [0.2, 0.25) is 5.78 Å². The summed E-state index contributed by atoms with van der Waals surface area (Å²) in [6.45, 7) is 3.36. The minimum Gasteiger partial charge on any atom is -0.511 e. The van der Waals surface area contributed by atoms with E-state index in [4.69, 9.17) is 0 Å². The number of nitro groups is 1. The molecule has 1 aromatic carbocycles. The van der Waals surface area contributed by atoms with Crippen LogP contribution in [0.4, 0.5) is 5.69 Å². The molecule has 0 saturated carbocycles. The Bertz CT molecular complexity index is 672. The second-order valence-electron chi connectivity index (χ2n) is 5.39. The lowest BCUT2D eigenvalue weighted by atomic mass is 9.79. The van der Waals surface area contributed by atoms with E-state index in [9.17, 15) is 25.1 Å². The van der Waals surface area contributed by atoms with Gasteiger partial charge in [-0.05, 0) is 19.9 Å². The van der Waals surface area contributed by atoms with Gasteiger partial charge in [-0.15, -0.1) is 0 Å². The van der Waals surface area contributed by atoms with Gasteiger partial charge in [0.15, 0.2) is 0 Å². The van der Waals surface area contributed by atoms with Gasteiger partial charge in [-0.3, -0.25) is 14.9 Å². The number of carbonyl (C=O) groups is 1. The fourth-order valence-corrected chi connectivity index (χ4v) is 2.21. The molecule has 0 amide bonds. The third kappa shape index (κ3) is 2.57. The van der Waals surface area contributed by atoms with Crippen LogP contribution in [0.3, 0.4) is 0 Å². The number of ketones is 1. The Morgan fingerprint density at radius 2 is 1.95 bits per heavy atom. The van der Waals surface area contributed by atoms with Crippen LogP contribution in [0, 0.1) is 15.5 Å². The Balaban J connectivity index is 2.57. The molecule has 0 spiro atoms. The largest absolute Gasteiger partial charge is 0.511 e. The molecule has 1 atom stereocenters. The third-order valence-corrected chi connectivity index (χ3v) is 3.45. The number of nitrogens with zero attached hydrogens (tertiary/aromatic N) is 1. The topological polar surface area (TPSA) is 101 Å². The molecule has 21 heavy (non-hydrogen) atoms. The summed E-state index contributed by atoms with van der Waals surface area (Å²) in [6, 6.07) is 5.46. The molecule has 1 aromatic rings. The molecule has 0 aromatic heterocycles. The first kappa shape index (κ1) is 14.9. The van der Waals surface area contributed by atoms with Crippen molar-refractivity contribution in [2.24, 2.45) is 5.41 Å². The van der Waals surface area contributed by atoms with Crippen LogP contribution in [0.1, 0.15) is 24.2 Å². The SMILES string of the molecule is CC1(C)C=CC(O)C(C(=O)c2ccccc2[N+](=O)[O-])=C1O. The molecule has 2 N–H and O–H groups in total. The van der Waals surface area contributed by atoms with E-state index in [0.29, 0.717) is 0 Å². The summed E-state index contributed by atoms with van der Waals surface area (Å²) in [4.78, 5) is 22.8. The number of hydrogen-bond acceptors (Lipinski definition) is 5. The van der Waals surface area contributed by atoms with Crippen LogP contribution in [0.15, 0.2) is 47.7 Å². The van der Waals surface area contributed by atoms with Crippen molar-refractivity contribution < 1.29 is 19.9 Å². The molecule has 0 bridgehead atoms. The van der Waals surface area contributed by atoms with Crippen molar-refractivity contribution >= 4 is 11.5 Å². The Morgan fingerprint density at radius 3 is 2.57 bits per heavy atom. The minimum atomic E-state index is -1.29. The van der Waals surface area contributed by atoms with Crippen LogP contribution in [0.2, 0.25) is 0 Å². The third-order valence-electron chi connectivity index (χ3n) is 3.45. The number of para-hydroxylation sites is 1. The van der Waals surface area contributed by atoms with Crippen molar-refractivity contribution in [1.29, 1.82) is 0 Å². The maximum Gasteiger partial charge on any atom is 0.280 e. The fraction of sp³-hybridized carbons (Fsp3) is 0.267. The normalized spacial score (nSPS) is 20.4. The molecular formula is C15H15NO5. The van der Waals surface area contributed by atoms with Crippen LogP contribution in [0.25, 0.3) is 0 Å². The van der Waals surface area contributed by atoms with Gasteiger partial charge in [-0.1, -0.05) is 24.3 Å². The van der Waals surface area contributed by atoms with Crippen molar-refractivity contribution in [1.82, 2.24) is 0 Å². The molecule has 6 nitrogen and oxygen atoms in total. The Hall–Kier alpha value is -2.47. The molecule has 6 heteroatoms. The van der Waals surface area contributed by atoms with Gasteiger partial charge in [-0.2, -0.15) is 0 Å². The van der Waals surface area contributed by atoms with Gasteiger partial charge in [0.05, 0.1) is 10.5 Å². The van der Waals surface area contributed by atoms with Gasteiger partial charge in [-0.25, -0.2) is 0 Å². The van der Waals surface area contributed by atoms with Crippen LogP contribution in [0.5, 0.6) is 0 Å². The molecule has 0 radical (unpaired) electrons. The van der Waals surface area contributed by atoms with Crippen LogP contribution < -0.4 is 0 Å². The van der Waals surface area contributed by atoms with E-state index in [1.54, 1.807) is 19.9 Å². The van der Waals surface area contributed by atoms with E-state index in [1.807, 2.05) is 0 Å². The zero-order valence-corrected chi connectivity index (χ0v) is 11.6. The predicted octanol–water partition coefficient (Wildman–Crippen LogP) is 2.55. The maximum atomic E-state index is 12.5. The number of aliphatic hydroxyl groups excluding tert-OH is 2. The molecule has 0 saturated heterocycles. The molecule has 0 fully saturated rings. The average molecular weight is 289 g/mol. The number of carbonyl (C=O) groups excluding carboxylic acids is 1. The van der Waals surface area contributed by atoms with E-state index < -0.39 is 22.2 Å². The summed E-state index contributed by atoms with van der Waals surface area (Å²) in [5, 5.41) is 31.1. The average Bonchev–Trinajstić information content (AvgIpc) is 2.43. The zero-order chi connectivity index (χ0) is 15.8. The van der Waals surface area contributed by atoms with E-state index in [0.717, 1.165) is 0 Å². The lowest BCUT2D eigenvalue weighted by molar-refractivity contribution is -0.385. The molecule has 2 rings (SSSR count). The first-order chi connectivity index (χ1) is 9.75. The number of rotatable bonds is 3. The van der Waals surface area contributed by atoms with Gasteiger partial charge >= 0.3 is 0 Å². The van der Waals surface area contributed by atoms with E-state index in [2.05, 4.69) is 0 Å². The highest BCUT2D eigenvalue weighted by Gasteiger charge is 2.36. The number of benzene rings is 1. The summed E-state index contributed by atoms with van der Waals surface area (Å²) < 4.78 is 0. The molecule has 1 aliphatic rings. The van der Waals surface area contributed by atoms with Crippen LogP contribution in [-0.4, -0.2) is 27.0 Å². The first-order valence-corrected chi connectivity index (χ1v) is 6.35. The van der Waals surface area contributed by atoms with Gasteiger partial charge < -0.3 is 10.2 Å². The summed E-state index contributed by atoms with van der Waals surface area (Å²) in [6.07, 6.45) is 1.69. The van der Waals surface area contributed by atoms with Gasteiger partial charge in [0, 0.05) is 11.5 Å². The quantitative estimate of drug-likeness (QED) is 0.385. The number of hydrogen-bond donors (Lipinski definition) is 2. The first-order valence-electron chi connectivity index (χ1n) is 6.35. The van der Waals surface area contributed by atoms with Crippen molar-refractivity contribution in [2.75, 3.05) is 0 Å². The smallest absolute Gasteiger partial charge is 0.280 e. The number of Topliss-reactive ketones (excluding diaryl/α,β-unsaturated/α-hetero) is 1. The highest BCUT2D eigenvalue weighted by Crippen LogP contribution is 2.36. The summed E-state index contributed by atoms with van der Waals surface area (Å²) >= 11 is 0. The number of aliphatic hydroxyl groups is 2. The van der Waals surface area contributed by atoms with Crippen LogP contribution >= 0.6 is 0 Å². The highest BCUT2D eigenvalue weighted by molar-refractivity contribution is 6.12. The molecule has 0 heterocycles. The Kier molecular flexibility index (Phi) is 3.65. The predicted molar refractivity (Wildman–Crippen MR) is 76.0 cm³/mol. The monoisotopic (exact) mass is 289 g/mol. The highest BCUT2D eigenvalue weighted by atomic mass is 16.6. The standard InChI is InChI=1S/C15H15NO5/c1-15(2)8-7-11(17)12(14(15)19)13(18)9-5-3-4-6-10(9)16(20)21/h3-8,11,17,19H,1-2H3. The minimum absolute atomic E-state index is 0.158. The second-order valence-corrected chi connectivity index (χ2v) is 5.39. The van der Waals surface area contributed by atoms with Crippen molar-refractivity contribution in [3.05, 3.63) is 63.4 Å². The lowest BCUT2D eigenvalue weighted by Crippen LogP contribution is -2.28. The number of allylic oxidation sites excluding steroid dienone is 1. The van der Waals surface area contributed by atoms with Gasteiger partial charge in [0.25, 0.3) is 5.69 Å². The van der Waals surface area contributed by atoms with Crippen molar-refractivity contribution in [2.45, 2.75) is 20.0 Å². The Labute approximate surface area is 121 Å².